The first-order valence-electron chi connectivity index (χ1n) is 10.2. The first-order chi connectivity index (χ1) is 15.3. The summed E-state index contributed by atoms with van der Waals surface area (Å²) in [4.78, 5) is 2.27. The van der Waals surface area contributed by atoms with Gasteiger partial charge in [0.15, 0.2) is 0 Å². The number of hydrogen-bond acceptors (Lipinski definition) is 4. The highest BCUT2D eigenvalue weighted by Gasteiger charge is 2.33. The van der Waals surface area contributed by atoms with Gasteiger partial charge in [-0.2, -0.15) is 0 Å². The predicted octanol–water partition coefficient (Wildman–Crippen LogP) is 5.76. The van der Waals surface area contributed by atoms with Gasteiger partial charge < -0.3 is 15.2 Å². The van der Waals surface area contributed by atoms with Crippen molar-refractivity contribution in [1.82, 2.24) is 10.2 Å². The third kappa shape index (κ3) is 5.35. The topological polar surface area (TPSA) is 44.7 Å². The number of nitrogens with zero attached hydrogens (tertiary/aromatic N) is 1. The average Bonchev–Trinajstić information content (AvgIpc) is 2.75. The standard InChI is InChI=1S/C24H22ClF3N2O2/c25-18-6-3-5-16(12-18)22-14-29-10-11-30(22)15-17-4-1-2-7-20(17)21-13-19(31)8-9-23(21)32-24(26,27)28/h1-9,12-13,22,29,31H,10-11,14-15H2/t22-/m0/s1. The van der Waals surface area contributed by atoms with E-state index in [1.165, 1.54) is 12.1 Å². The molecule has 1 aliphatic heterocycles. The largest absolute Gasteiger partial charge is 0.573 e. The van der Waals surface area contributed by atoms with Crippen molar-refractivity contribution in [2.45, 2.75) is 18.9 Å². The molecular formula is C24H22ClF3N2O2. The molecule has 3 aromatic rings. The fourth-order valence-electron chi connectivity index (χ4n) is 4.06. The summed E-state index contributed by atoms with van der Waals surface area (Å²) in [7, 11) is 0. The van der Waals surface area contributed by atoms with Gasteiger partial charge in [0.1, 0.15) is 11.5 Å². The molecule has 0 aliphatic carbocycles. The smallest absolute Gasteiger partial charge is 0.508 e. The molecule has 1 atom stereocenters. The van der Waals surface area contributed by atoms with E-state index >= 15 is 0 Å². The first-order valence-corrected chi connectivity index (χ1v) is 10.6. The number of benzene rings is 3. The van der Waals surface area contributed by atoms with Crippen LogP contribution in [0.1, 0.15) is 17.2 Å². The lowest BCUT2D eigenvalue weighted by atomic mass is 9.96. The van der Waals surface area contributed by atoms with Gasteiger partial charge in [0.25, 0.3) is 0 Å². The third-order valence-corrected chi connectivity index (χ3v) is 5.69. The summed E-state index contributed by atoms with van der Waals surface area (Å²) in [6, 6.07) is 18.6. The molecule has 1 heterocycles. The van der Waals surface area contributed by atoms with Crippen molar-refractivity contribution in [2.24, 2.45) is 0 Å². The van der Waals surface area contributed by atoms with E-state index in [9.17, 15) is 18.3 Å². The lowest BCUT2D eigenvalue weighted by molar-refractivity contribution is -0.274. The molecule has 0 bridgehead atoms. The van der Waals surface area contributed by atoms with Crippen LogP contribution in [0.15, 0.2) is 66.7 Å². The summed E-state index contributed by atoms with van der Waals surface area (Å²) < 4.78 is 43.2. The maximum Gasteiger partial charge on any atom is 0.573 e. The first kappa shape index (κ1) is 22.5. The van der Waals surface area contributed by atoms with Gasteiger partial charge in [-0.3, -0.25) is 4.90 Å². The summed E-state index contributed by atoms with van der Waals surface area (Å²) >= 11 is 6.19. The molecule has 0 amide bonds. The van der Waals surface area contributed by atoms with Gasteiger partial charge in [-0.25, -0.2) is 0 Å². The summed E-state index contributed by atoms with van der Waals surface area (Å²) in [5.74, 6) is -0.488. The van der Waals surface area contributed by atoms with Crippen LogP contribution in [-0.4, -0.2) is 36.0 Å². The Hall–Kier alpha value is -2.74. The summed E-state index contributed by atoms with van der Waals surface area (Å²) in [5.41, 5.74) is 2.66. The quantitative estimate of drug-likeness (QED) is 0.506. The zero-order valence-electron chi connectivity index (χ0n) is 17.1. The van der Waals surface area contributed by atoms with Crippen LogP contribution in [0.5, 0.6) is 11.5 Å². The van der Waals surface area contributed by atoms with Crippen LogP contribution in [0.25, 0.3) is 11.1 Å². The van der Waals surface area contributed by atoms with E-state index < -0.39 is 6.36 Å². The number of phenols is 1. The van der Waals surface area contributed by atoms with Crippen molar-refractivity contribution >= 4 is 11.6 Å². The second kappa shape index (κ2) is 9.40. The number of ether oxygens (including phenoxy) is 1. The van der Waals surface area contributed by atoms with Crippen molar-refractivity contribution in [3.63, 3.8) is 0 Å². The molecule has 3 aromatic carbocycles. The van der Waals surface area contributed by atoms with E-state index in [1.54, 1.807) is 12.1 Å². The van der Waals surface area contributed by atoms with Crippen molar-refractivity contribution in [1.29, 1.82) is 0 Å². The molecule has 32 heavy (non-hydrogen) atoms. The van der Waals surface area contributed by atoms with Crippen LogP contribution in [0.2, 0.25) is 5.02 Å². The van der Waals surface area contributed by atoms with Crippen molar-refractivity contribution in [3.8, 4) is 22.6 Å². The van der Waals surface area contributed by atoms with Crippen LogP contribution >= 0.6 is 11.6 Å². The number of rotatable bonds is 5. The Kier molecular flexibility index (Phi) is 6.60. The summed E-state index contributed by atoms with van der Waals surface area (Å²) in [6.07, 6.45) is -4.84. The lowest BCUT2D eigenvalue weighted by Crippen LogP contribution is -2.45. The summed E-state index contributed by atoms with van der Waals surface area (Å²) in [6.45, 7) is 2.80. The number of alkyl halides is 3. The monoisotopic (exact) mass is 462 g/mol. The second-order valence-corrected chi connectivity index (χ2v) is 8.07. The molecule has 2 N–H and O–H groups in total. The minimum atomic E-state index is -4.84. The molecule has 1 aliphatic rings. The van der Waals surface area contributed by atoms with E-state index in [-0.39, 0.29) is 23.1 Å². The predicted molar refractivity (Wildman–Crippen MR) is 118 cm³/mol. The number of aromatic hydroxyl groups is 1. The van der Waals surface area contributed by atoms with E-state index in [2.05, 4.69) is 15.0 Å². The van der Waals surface area contributed by atoms with E-state index in [0.29, 0.717) is 17.1 Å². The van der Waals surface area contributed by atoms with Crippen molar-refractivity contribution in [3.05, 3.63) is 82.9 Å². The molecule has 168 valence electrons. The van der Waals surface area contributed by atoms with E-state index in [4.69, 9.17) is 11.6 Å². The molecule has 0 unspecified atom stereocenters. The average molecular weight is 463 g/mol. The van der Waals surface area contributed by atoms with Gasteiger partial charge in [-0.1, -0.05) is 48.0 Å². The fourth-order valence-corrected chi connectivity index (χ4v) is 4.26. The maximum absolute atomic E-state index is 13.0. The third-order valence-electron chi connectivity index (χ3n) is 5.46. The molecule has 1 saturated heterocycles. The highest BCUT2D eigenvalue weighted by atomic mass is 35.5. The Labute approximate surface area is 189 Å². The molecule has 0 spiro atoms. The molecule has 4 rings (SSSR count). The number of phenolic OH excluding ortho intramolecular Hbond substituents is 1. The normalized spacial score (nSPS) is 17.3. The van der Waals surface area contributed by atoms with Crippen molar-refractivity contribution < 1.29 is 23.0 Å². The zero-order chi connectivity index (χ0) is 22.7. The van der Waals surface area contributed by atoms with Gasteiger partial charge in [0.05, 0.1) is 0 Å². The fraction of sp³-hybridized carbons (Fsp3) is 0.250. The van der Waals surface area contributed by atoms with Gasteiger partial charge in [-0.05, 0) is 47.0 Å². The second-order valence-electron chi connectivity index (χ2n) is 7.63. The van der Waals surface area contributed by atoms with Crippen molar-refractivity contribution in [2.75, 3.05) is 19.6 Å². The zero-order valence-corrected chi connectivity index (χ0v) is 17.8. The number of halogens is 4. The molecule has 1 fully saturated rings. The molecule has 0 aromatic heterocycles. The van der Waals surface area contributed by atoms with Gasteiger partial charge in [-0.15, -0.1) is 13.2 Å². The van der Waals surface area contributed by atoms with Crippen LogP contribution in [0.4, 0.5) is 13.2 Å². The molecule has 0 radical (unpaired) electrons. The van der Waals surface area contributed by atoms with Crippen LogP contribution < -0.4 is 10.1 Å². The Morgan fingerprint density at radius 2 is 1.84 bits per heavy atom. The Morgan fingerprint density at radius 3 is 2.62 bits per heavy atom. The molecule has 0 saturated carbocycles. The van der Waals surface area contributed by atoms with Crippen LogP contribution in [0, 0.1) is 0 Å². The van der Waals surface area contributed by atoms with Crippen LogP contribution in [-0.2, 0) is 6.54 Å². The summed E-state index contributed by atoms with van der Waals surface area (Å²) in [5, 5.41) is 14.0. The molecule has 4 nitrogen and oxygen atoms in total. The lowest BCUT2D eigenvalue weighted by Gasteiger charge is -2.37. The van der Waals surface area contributed by atoms with Gasteiger partial charge in [0.2, 0.25) is 0 Å². The number of piperazine rings is 1. The molecular weight excluding hydrogens is 441 g/mol. The van der Waals surface area contributed by atoms with Gasteiger partial charge >= 0.3 is 6.36 Å². The number of nitrogens with one attached hydrogen (secondary N) is 1. The maximum atomic E-state index is 13.0. The van der Waals surface area contributed by atoms with E-state index in [1.807, 2.05) is 36.4 Å². The highest BCUT2D eigenvalue weighted by Crippen LogP contribution is 2.39. The molecule has 8 heteroatoms. The Bertz CT molecular complexity index is 1090. The van der Waals surface area contributed by atoms with E-state index in [0.717, 1.165) is 36.8 Å². The minimum absolute atomic E-state index is 0.0607. The Balaban J connectivity index is 1.69. The number of hydrogen-bond donors (Lipinski definition) is 2. The van der Waals surface area contributed by atoms with Crippen LogP contribution in [0.3, 0.4) is 0 Å². The highest BCUT2D eigenvalue weighted by molar-refractivity contribution is 6.30. The van der Waals surface area contributed by atoms with Gasteiger partial charge in [0, 0.05) is 42.8 Å². The minimum Gasteiger partial charge on any atom is -0.508 e. The Morgan fingerprint density at radius 1 is 1.03 bits per heavy atom. The SMILES string of the molecule is Oc1ccc(OC(F)(F)F)c(-c2ccccc2CN2CCNC[C@H]2c2cccc(Cl)c2)c1.